The molecular weight excluding hydrogens is 521 g/mol. The third kappa shape index (κ3) is 7.10. The Bertz CT molecular complexity index is 1230. The second-order valence-corrected chi connectivity index (χ2v) is 12.8. The quantitative estimate of drug-likeness (QED) is 0.472. The summed E-state index contributed by atoms with van der Waals surface area (Å²) in [5.41, 5.74) is 0.359. The number of fused-ring (bicyclic) bond motifs is 1. The van der Waals surface area contributed by atoms with Gasteiger partial charge in [-0.3, -0.25) is 9.52 Å². The highest BCUT2D eigenvalue weighted by Crippen LogP contribution is 2.36. The molecule has 214 valence electrons. The number of amides is 1. The maximum Gasteiger partial charge on any atom is 0.262 e. The van der Waals surface area contributed by atoms with Crippen molar-refractivity contribution in [2.45, 2.75) is 63.0 Å². The van der Waals surface area contributed by atoms with Gasteiger partial charge in [0, 0.05) is 25.6 Å². The summed E-state index contributed by atoms with van der Waals surface area (Å²) in [6, 6.07) is 8.88. The molecule has 4 rings (SSSR count). The average Bonchev–Trinajstić information content (AvgIpc) is 2.91. The van der Waals surface area contributed by atoms with Crippen molar-refractivity contribution in [2.24, 2.45) is 11.8 Å². The number of likely N-dealkylation sites (N-methyl/N-ethyl adjacent to an activating group) is 1. The van der Waals surface area contributed by atoms with Gasteiger partial charge in [0.25, 0.3) is 15.9 Å². The van der Waals surface area contributed by atoms with Gasteiger partial charge in [-0.05, 0) is 69.1 Å². The van der Waals surface area contributed by atoms with E-state index in [-0.39, 0.29) is 46.4 Å². The van der Waals surface area contributed by atoms with E-state index in [1.807, 2.05) is 6.92 Å². The van der Waals surface area contributed by atoms with E-state index in [9.17, 15) is 22.7 Å². The summed E-state index contributed by atoms with van der Waals surface area (Å²) in [5, 5.41) is 9.90. The van der Waals surface area contributed by atoms with Gasteiger partial charge >= 0.3 is 0 Å². The lowest BCUT2D eigenvalue weighted by Crippen LogP contribution is -2.50. The van der Waals surface area contributed by atoms with Gasteiger partial charge in [0.2, 0.25) is 0 Å². The Kier molecular flexibility index (Phi) is 9.51. The zero-order chi connectivity index (χ0) is 28.2. The number of hydrogen-bond acceptors (Lipinski definition) is 6. The van der Waals surface area contributed by atoms with Crippen LogP contribution in [-0.2, 0) is 10.0 Å². The number of carbonyl (C=O) groups is 1. The number of hydrogen-bond donors (Lipinski definition) is 2. The minimum atomic E-state index is -4.08. The van der Waals surface area contributed by atoms with Crippen LogP contribution in [0.4, 0.5) is 10.1 Å². The molecule has 1 saturated carbocycles. The molecule has 39 heavy (non-hydrogen) atoms. The van der Waals surface area contributed by atoms with E-state index in [1.54, 1.807) is 30.0 Å². The fourth-order valence-corrected chi connectivity index (χ4v) is 6.61. The smallest absolute Gasteiger partial charge is 0.262 e. The van der Waals surface area contributed by atoms with Crippen LogP contribution in [0, 0.1) is 17.7 Å². The average molecular weight is 562 g/mol. The van der Waals surface area contributed by atoms with Crippen molar-refractivity contribution in [3.8, 4) is 5.75 Å². The molecule has 1 heterocycles. The van der Waals surface area contributed by atoms with E-state index >= 15 is 0 Å². The number of aliphatic hydroxyl groups excluding tert-OH is 1. The normalized spacial score (nSPS) is 21.6. The topological polar surface area (TPSA) is 99.2 Å². The molecule has 2 aromatic carbocycles. The number of rotatable bonds is 9. The number of sulfonamides is 1. The van der Waals surface area contributed by atoms with Crippen molar-refractivity contribution < 1.29 is 27.4 Å². The van der Waals surface area contributed by atoms with Crippen molar-refractivity contribution in [3.63, 3.8) is 0 Å². The maximum absolute atomic E-state index is 13.7. The minimum Gasteiger partial charge on any atom is -0.486 e. The standard InChI is InChI=1S/C29H40FN3O5S/c1-20-16-33(21(2)19-34)29(35)25-10-7-11-26(31-39(36,37)24-14-12-23(30)13-15-24)28(25)38-27(20)18-32(3)17-22-8-5-4-6-9-22/h7,10-15,20-22,27,31,34H,4-6,8-9,16-19H2,1-3H3/t20-,21-,27+/m1/s1. The molecule has 0 bridgehead atoms. The molecule has 2 N–H and O–H groups in total. The van der Waals surface area contributed by atoms with Crippen molar-refractivity contribution in [2.75, 3.05) is 38.0 Å². The number of nitrogens with one attached hydrogen (secondary N) is 1. The summed E-state index contributed by atoms with van der Waals surface area (Å²) < 4.78 is 48.9. The molecule has 1 amide bonds. The molecule has 1 fully saturated rings. The number of para-hydroxylation sites is 1. The van der Waals surface area contributed by atoms with Crippen molar-refractivity contribution >= 4 is 21.6 Å². The molecule has 2 aromatic rings. The second-order valence-electron chi connectivity index (χ2n) is 11.1. The Balaban J connectivity index is 1.68. The fourth-order valence-electron chi connectivity index (χ4n) is 5.55. The Labute approximate surface area is 231 Å². The molecule has 3 atom stereocenters. The molecule has 2 aliphatic rings. The van der Waals surface area contributed by atoms with Crippen LogP contribution in [0.1, 0.15) is 56.3 Å². The number of ether oxygens (including phenoxy) is 1. The first-order valence-electron chi connectivity index (χ1n) is 13.8. The van der Waals surface area contributed by atoms with Crippen LogP contribution in [0.5, 0.6) is 5.75 Å². The summed E-state index contributed by atoms with van der Waals surface area (Å²) in [7, 11) is -2.01. The van der Waals surface area contributed by atoms with E-state index in [0.29, 0.717) is 19.0 Å². The monoisotopic (exact) mass is 561 g/mol. The van der Waals surface area contributed by atoms with E-state index in [4.69, 9.17) is 4.74 Å². The van der Waals surface area contributed by atoms with Gasteiger partial charge in [-0.1, -0.05) is 32.3 Å². The first-order chi connectivity index (χ1) is 18.6. The van der Waals surface area contributed by atoms with Gasteiger partial charge < -0.3 is 19.6 Å². The Morgan fingerprint density at radius 3 is 2.49 bits per heavy atom. The van der Waals surface area contributed by atoms with Crippen LogP contribution in [0.15, 0.2) is 47.4 Å². The molecule has 0 unspecified atom stereocenters. The summed E-state index contributed by atoms with van der Waals surface area (Å²) in [6.07, 6.45) is 5.92. The van der Waals surface area contributed by atoms with Gasteiger partial charge in [0.1, 0.15) is 11.9 Å². The third-order valence-corrected chi connectivity index (χ3v) is 9.23. The zero-order valence-corrected chi connectivity index (χ0v) is 23.8. The summed E-state index contributed by atoms with van der Waals surface area (Å²) in [5.74, 6) is -0.168. The van der Waals surface area contributed by atoms with Crippen LogP contribution in [-0.4, -0.2) is 74.7 Å². The minimum absolute atomic E-state index is 0.0910. The molecule has 1 aliphatic carbocycles. The summed E-state index contributed by atoms with van der Waals surface area (Å²) in [6.45, 7) is 5.56. The number of halogens is 1. The van der Waals surface area contributed by atoms with Crippen LogP contribution in [0.2, 0.25) is 0 Å². The number of nitrogens with zero attached hydrogens (tertiary/aromatic N) is 2. The summed E-state index contributed by atoms with van der Waals surface area (Å²) in [4.78, 5) is 17.5. The largest absolute Gasteiger partial charge is 0.486 e. The van der Waals surface area contributed by atoms with E-state index in [1.165, 1.54) is 44.2 Å². The first-order valence-corrected chi connectivity index (χ1v) is 15.3. The van der Waals surface area contributed by atoms with Gasteiger partial charge in [0.15, 0.2) is 5.75 Å². The molecule has 10 heteroatoms. The Morgan fingerprint density at radius 1 is 1.13 bits per heavy atom. The lowest BCUT2D eigenvalue weighted by Gasteiger charge is -2.39. The van der Waals surface area contributed by atoms with Crippen LogP contribution in [0.3, 0.4) is 0 Å². The van der Waals surface area contributed by atoms with Gasteiger partial charge in [-0.25, -0.2) is 12.8 Å². The summed E-state index contributed by atoms with van der Waals surface area (Å²) >= 11 is 0. The fraction of sp³-hybridized carbons (Fsp3) is 0.552. The zero-order valence-electron chi connectivity index (χ0n) is 23.0. The predicted molar refractivity (Wildman–Crippen MR) is 149 cm³/mol. The van der Waals surface area contributed by atoms with Crippen LogP contribution < -0.4 is 9.46 Å². The third-order valence-electron chi connectivity index (χ3n) is 7.85. The van der Waals surface area contributed by atoms with E-state index in [0.717, 1.165) is 18.7 Å². The molecule has 0 aromatic heterocycles. The number of carbonyl (C=O) groups excluding carboxylic acids is 1. The molecular formula is C29H40FN3O5S. The highest BCUT2D eigenvalue weighted by Gasteiger charge is 2.35. The van der Waals surface area contributed by atoms with Gasteiger partial charge in [-0.15, -0.1) is 0 Å². The van der Waals surface area contributed by atoms with Gasteiger partial charge in [0.05, 0.1) is 28.8 Å². The molecule has 1 aliphatic heterocycles. The van der Waals surface area contributed by atoms with Crippen molar-refractivity contribution in [1.29, 1.82) is 0 Å². The predicted octanol–water partition coefficient (Wildman–Crippen LogP) is 4.36. The highest BCUT2D eigenvalue weighted by atomic mass is 32.2. The van der Waals surface area contributed by atoms with Crippen molar-refractivity contribution in [3.05, 3.63) is 53.8 Å². The SMILES string of the molecule is C[C@@H]1CN([C@H](C)CO)C(=O)c2cccc(NS(=O)(=O)c3ccc(F)cc3)c2O[C@H]1CN(C)CC1CCCCC1. The molecule has 8 nitrogen and oxygen atoms in total. The molecule has 0 radical (unpaired) electrons. The van der Waals surface area contributed by atoms with E-state index < -0.39 is 21.9 Å². The van der Waals surface area contributed by atoms with Crippen LogP contribution >= 0.6 is 0 Å². The lowest BCUT2D eigenvalue weighted by atomic mass is 9.89. The first kappa shape index (κ1) is 29.3. The van der Waals surface area contributed by atoms with Crippen LogP contribution in [0.25, 0.3) is 0 Å². The maximum atomic E-state index is 13.7. The lowest BCUT2D eigenvalue weighted by molar-refractivity contribution is 0.0333. The molecule has 0 saturated heterocycles. The van der Waals surface area contributed by atoms with Crippen molar-refractivity contribution in [1.82, 2.24) is 9.80 Å². The Morgan fingerprint density at radius 2 is 1.82 bits per heavy atom. The highest BCUT2D eigenvalue weighted by molar-refractivity contribution is 7.92. The number of aliphatic hydroxyl groups is 1. The van der Waals surface area contributed by atoms with E-state index in [2.05, 4.69) is 16.7 Å². The second kappa shape index (κ2) is 12.7. The number of benzene rings is 2. The van der Waals surface area contributed by atoms with Gasteiger partial charge in [-0.2, -0.15) is 0 Å². The Hall–Kier alpha value is -2.69. The number of anilines is 1. The molecule has 0 spiro atoms.